The number of aromatic nitrogens is 3. The van der Waals surface area contributed by atoms with Gasteiger partial charge in [-0.1, -0.05) is 36.2 Å². The lowest BCUT2D eigenvalue weighted by molar-refractivity contribution is -0.154. The standard InChI is InChI=1S/C17H18Cl2N4O3/c1-9(5-11-3-4-12(18)6-13(11)19)16(24)23-8-15-21-20-10(2)22(15)7-14(23)17(25)26/h3-4,6,9,14H,5,7-8H2,1-2H3,(H,25,26). The van der Waals surface area contributed by atoms with E-state index in [0.717, 1.165) is 5.56 Å². The zero-order chi connectivity index (χ0) is 19.0. The molecule has 138 valence electrons. The Morgan fingerprint density at radius 2 is 2.08 bits per heavy atom. The maximum Gasteiger partial charge on any atom is 0.328 e. The number of benzene rings is 1. The fourth-order valence-corrected chi connectivity index (χ4v) is 3.63. The first-order chi connectivity index (χ1) is 12.3. The SMILES string of the molecule is Cc1nnc2n1CC(C(=O)O)N(C(=O)C(C)Cc1ccc(Cl)cc1Cl)C2. The van der Waals surface area contributed by atoms with Crippen LogP contribution in [-0.2, 0) is 29.1 Å². The number of fused-ring (bicyclic) bond motifs is 1. The highest BCUT2D eigenvalue weighted by Crippen LogP contribution is 2.26. The van der Waals surface area contributed by atoms with Crippen LogP contribution >= 0.6 is 23.2 Å². The van der Waals surface area contributed by atoms with Crippen LogP contribution in [0.4, 0.5) is 0 Å². The van der Waals surface area contributed by atoms with Gasteiger partial charge in [-0.2, -0.15) is 0 Å². The van der Waals surface area contributed by atoms with E-state index < -0.39 is 17.9 Å². The molecule has 2 atom stereocenters. The maximum atomic E-state index is 12.9. The Bertz CT molecular complexity index is 868. The Labute approximate surface area is 160 Å². The topological polar surface area (TPSA) is 88.3 Å². The number of nitrogens with zero attached hydrogens (tertiary/aromatic N) is 4. The van der Waals surface area contributed by atoms with Crippen molar-refractivity contribution in [1.29, 1.82) is 0 Å². The zero-order valence-corrected chi connectivity index (χ0v) is 15.8. The Hall–Kier alpha value is -2.12. The van der Waals surface area contributed by atoms with Crippen LogP contribution in [0.15, 0.2) is 18.2 Å². The van der Waals surface area contributed by atoms with Crippen molar-refractivity contribution < 1.29 is 14.7 Å². The molecule has 9 heteroatoms. The molecule has 1 N–H and O–H groups in total. The predicted octanol–water partition coefficient (Wildman–Crippen LogP) is 2.57. The molecule has 2 aromatic rings. The molecule has 2 unspecified atom stereocenters. The van der Waals surface area contributed by atoms with Gasteiger partial charge >= 0.3 is 5.97 Å². The van der Waals surface area contributed by atoms with E-state index in [2.05, 4.69) is 10.2 Å². The van der Waals surface area contributed by atoms with E-state index in [1.807, 2.05) is 0 Å². The van der Waals surface area contributed by atoms with E-state index in [-0.39, 0.29) is 19.0 Å². The lowest BCUT2D eigenvalue weighted by Gasteiger charge is -2.35. The number of rotatable bonds is 4. The zero-order valence-electron chi connectivity index (χ0n) is 14.3. The van der Waals surface area contributed by atoms with Crippen molar-refractivity contribution >= 4 is 35.1 Å². The van der Waals surface area contributed by atoms with E-state index in [0.29, 0.717) is 28.1 Å². The van der Waals surface area contributed by atoms with Gasteiger partial charge in [-0.3, -0.25) is 4.79 Å². The summed E-state index contributed by atoms with van der Waals surface area (Å²) in [6, 6.07) is 4.17. The van der Waals surface area contributed by atoms with Crippen LogP contribution in [0.2, 0.25) is 10.0 Å². The van der Waals surface area contributed by atoms with Gasteiger partial charge in [0.1, 0.15) is 11.9 Å². The van der Waals surface area contributed by atoms with Crippen LogP contribution in [0.3, 0.4) is 0 Å². The van der Waals surface area contributed by atoms with Gasteiger partial charge in [0.05, 0.1) is 13.1 Å². The largest absolute Gasteiger partial charge is 0.480 e. The maximum absolute atomic E-state index is 12.9. The van der Waals surface area contributed by atoms with Gasteiger partial charge in [0.25, 0.3) is 0 Å². The van der Waals surface area contributed by atoms with Crippen molar-refractivity contribution in [2.24, 2.45) is 5.92 Å². The molecule has 0 spiro atoms. The first-order valence-electron chi connectivity index (χ1n) is 8.13. The summed E-state index contributed by atoms with van der Waals surface area (Å²) < 4.78 is 1.74. The highest BCUT2D eigenvalue weighted by atomic mass is 35.5. The van der Waals surface area contributed by atoms with Crippen molar-refractivity contribution in [3.8, 4) is 0 Å². The lowest BCUT2D eigenvalue weighted by atomic mass is 9.98. The van der Waals surface area contributed by atoms with E-state index in [4.69, 9.17) is 23.2 Å². The molecule has 1 aromatic heterocycles. The molecule has 26 heavy (non-hydrogen) atoms. The van der Waals surface area contributed by atoms with Crippen molar-refractivity contribution in [2.45, 2.75) is 39.4 Å². The van der Waals surface area contributed by atoms with Crippen LogP contribution in [0.5, 0.6) is 0 Å². The minimum atomic E-state index is -1.05. The molecule has 2 heterocycles. The summed E-state index contributed by atoms with van der Waals surface area (Å²) in [5.41, 5.74) is 0.791. The van der Waals surface area contributed by atoms with E-state index in [1.165, 1.54) is 4.90 Å². The smallest absolute Gasteiger partial charge is 0.328 e. The molecule has 0 radical (unpaired) electrons. The van der Waals surface area contributed by atoms with Crippen molar-refractivity contribution in [3.05, 3.63) is 45.5 Å². The molecule has 1 amide bonds. The highest BCUT2D eigenvalue weighted by molar-refractivity contribution is 6.35. The number of hydrogen-bond donors (Lipinski definition) is 1. The molecular formula is C17H18Cl2N4O3. The van der Waals surface area contributed by atoms with Gasteiger partial charge in [0, 0.05) is 16.0 Å². The fraction of sp³-hybridized carbons (Fsp3) is 0.412. The van der Waals surface area contributed by atoms with E-state index in [9.17, 15) is 14.7 Å². The van der Waals surface area contributed by atoms with Crippen molar-refractivity contribution in [1.82, 2.24) is 19.7 Å². The summed E-state index contributed by atoms with van der Waals surface area (Å²) in [6.07, 6.45) is 0.392. The number of carbonyl (C=O) groups excluding carboxylic acids is 1. The molecule has 7 nitrogen and oxygen atoms in total. The van der Waals surface area contributed by atoms with Gasteiger partial charge in [-0.05, 0) is 31.0 Å². The third kappa shape index (κ3) is 3.54. The predicted molar refractivity (Wildman–Crippen MR) is 96.1 cm³/mol. The van der Waals surface area contributed by atoms with Crippen LogP contribution in [0.1, 0.15) is 24.1 Å². The number of hydrogen-bond acceptors (Lipinski definition) is 4. The molecule has 0 bridgehead atoms. The van der Waals surface area contributed by atoms with Crippen molar-refractivity contribution in [3.63, 3.8) is 0 Å². The summed E-state index contributed by atoms with van der Waals surface area (Å²) in [6.45, 7) is 3.79. The number of carbonyl (C=O) groups is 2. The molecule has 3 rings (SSSR count). The van der Waals surface area contributed by atoms with Crippen LogP contribution in [-0.4, -0.2) is 42.7 Å². The summed E-state index contributed by atoms with van der Waals surface area (Å²) >= 11 is 12.1. The average Bonchev–Trinajstić information content (AvgIpc) is 2.96. The number of carboxylic acid groups (broad SMARTS) is 1. The number of aliphatic carboxylic acids is 1. The monoisotopic (exact) mass is 396 g/mol. The van der Waals surface area contributed by atoms with Crippen LogP contribution < -0.4 is 0 Å². The normalized spacial score (nSPS) is 17.7. The highest BCUT2D eigenvalue weighted by Gasteiger charge is 2.37. The molecular weight excluding hydrogens is 379 g/mol. The number of carboxylic acids is 1. The molecule has 0 saturated carbocycles. The van der Waals surface area contributed by atoms with Crippen LogP contribution in [0.25, 0.3) is 0 Å². The summed E-state index contributed by atoms with van der Waals surface area (Å²) in [7, 11) is 0. The third-order valence-electron chi connectivity index (χ3n) is 4.59. The van der Waals surface area contributed by atoms with E-state index in [1.54, 1.807) is 36.6 Å². The Kier molecular flexibility index (Phi) is 5.20. The molecule has 0 saturated heterocycles. The van der Waals surface area contributed by atoms with Gasteiger partial charge in [-0.15, -0.1) is 10.2 Å². The number of halogens is 2. The van der Waals surface area contributed by atoms with Gasteiger partial charge in [0.15, 0.2) is 5.82 Å². The second-order valence-corrected chi connectivity index (χ2v) is 7.28. The van der Waals surface area contributed by atoms with Crippen molar-refractivity contribution in [2.75, 3.05) is 0 Å². The minimum absolute atomic E-state index is 0.120. The van der Waals surface area contributed by atoms with Gasteiger partial charge < -0.3 is 14.6 Å². The van der Waals surface area contributed by atoms with Gasteiger partial charge in [0.2, 0.25) is 5.91 Å². The first-order valence-corrected chi connectivity index (χ1v) is 8.89. The first kappa shape index (κ1) is 18.7. The summed E-state index contributed by atoms with van der Waals surface area (Å²) in [4.78, 5) is 26.0. The second kappa shape index (κ2) is 7.25. The minimum Gasteiger partial charge on any atom is -0.480 e. The Balaban J connectivity index is 1.81. The Morgan fingerprint density at radius 3 is 2.73 bits per heavy atom. The molecule has 0 aliphatic carbocycles. The number of amides is 1. The summed E-state index contributed by atoms with van der Waals surface area (Å²) in [5.74, 6) is -0.514. The number of aryl methyl sites for hydroxylation is 1. The quantitative estimate of drug-likeness (QED) is 0.857. The average molecular weight is 397 g/mol. The van der Waals surface area contributed by atoms with E-state index >= 15 is 0 Å². The molecule has 1 aliphatic rings. The van der Waals surface area contributed by atoms with Gasteiger partial charge in [-0.25, -0.2) is 4.79 Å². The fourth-order valence-electron chi connectivity index (χ4n) is 3.14. The molecule has 0 fully saturated rings. The third-order valence-corrected chi connectivity index (χ3v) is 5.17. The summed E-state index contributed by atoms with van der Waals surface area (Å²) in [5, 5.41) is 18.6. The molecule has 1 aliphatic heterocycles. The molecule has 1 aromatic carbocycles. The lowest BCUT2D eigenvalue weighted by Crippen LogP contribution is -2.52. The second-order valence-electron chi connectivity index (χ2n) is 6.44. The van der Waals surface area contributed by atoms with Crippen LogP contribution in [0, 0.1) is 12.8 Å². The Morgan fingerprint density at radius 1 is 1.35 bits per heavy atom.